The predicted octanol–water partition coefficient (Wildman–Crippen LogP) is 6.00. The maximum Gasteiger partial charge on any atom is 0.412 e. The minimum Gasteiger partial charge on any atom is -0.444 e. The highest BCUT2D eigenvalue weighted by Crippen LogP contribution is 2.37. The molecule has 0 spiro atoms. The number of nitrogens with one attached hydrogen (secondary N) is 2. The maximum atomic E-state index is 13.1. The second-order valence-electron chi connectivity index (χ2n) is 9.29. The molecule has 2 unspecified atom stereocenters. The van der Waals surface area contributed by atoms with Crippen LogP contribution in [0.3, 0.4) is 0 Å². The lowest BCUT2D eigenvalue weighted by molar-refractivity contribution is 0.0635. The van der Waals surface area contributed by atoms with E-state index in [-0.39, 0.29) is 0 Å². The lowest BCUT2D eigenvalue weighted by Gasteiger charge is -2.36. The lowest BCUT2D eigenvalue weighted by Crippen LogP contribution is -2.47. The Kier molecular flexibility index (Phi) is 7.38. The summed E-state index contributed by atoms with van der Waals surface area (Å²) in [6, 6.07) is 14.8. The first-order valence-electron chi connectivity index (χ1n) is 9.77. The molecular formula is C23H31ClN2O3S. The van der Waals surface area contributed by atoms with Gasteiger partial charge in [-0.3, -0.25) is 5.32 Å². The molecule has 7 heteroatoms. The molecule has 2 atom stereocenters. The van der Waals surface area contributed by atoms with Crippen molar-refractivity contribution in [2.45, 2.75) is 64.4 Å². The van der Waals surface area contributed by atoms with Crippen LogP contribution in [0.4, 0.5) is 10.5 Å². The molecule has 2 aromatic carbocycles. The first-order valence-corrected chi connectivity index (χ1v) is 11.3. The van der Waals surface area contributed by atoms with Crippen LogP contribution in [0.1, 0.15) is 59.6 Å². The third kappa shape index (κ3) is 6.30. The minimum atomic E-state index is -1.39. The Labute approximate surface area is 187 Å². The van der Waals surface area contributed by atoms with Crippen LogP contribution >= 0.6 is 11.6 Å². The topological polar surface area (TPSA) is 67.4 Å². The molecule has 2 rings (SSSR count). The Morgan fingerprint density at radius 2 is 1.57 bits per heavy atom. The molecular weight excluding hydrogens is 420 g/mol. The van der Waals surface area contributed by atoms with Crippen molar-refractivity contribution < 1.29 is 13.7 Å². The van der Waals surface area contributed by atoms with E-state index in [0.29, 0.717) is 16.3 Å². The molecule has 0 heterocycles. The van der Waals surface area contributed by atoms with E-state index in [2.05, 4.69) is 10.0 Å². The van der Waals surface area contributed by atoms with Crippen molar-refractivity contribution in [3.05, 3.63) is 64.7 Å². The number of benzene rings is 2. The quantitative estimate of drug-likeness (QED) is 0.586. The summed E-state index contributed by atoms with van der Waals surface area (Å²) in [5.41, 5.74) is 0.570. The van der Waals surface area contributed by atoms with E-state index < -0.39 is 33.0 Å². The van der Waals surface area contributed by atoms with Crippen LogP contribution in [-0.4, -0.2) is 20.7 Å². The van der Waals surface area contributed by atoms with Crippen LogP contribution in [0.2, 0.25) is 5.02 Å². The van der Waals surface area contributed by atoms with E-state index in [9.17, 15) is 9.00 Å². The van der Waals surface area contributed by atoms with Gasteiger partial charge in [0.2, 0.25) is 0 Å². The van der Waals surface area contributed by atoms with E-state index in [1.165, 1.54) is 0 Å². The number of anilines is 1. The number of hydrogen-bond donors (Lipinski definition) is 2. The molecule has 0 aliphatic heterocycles. The normalized spacial score (nSPS) is 15.2. The van der Waals surface area contributed by atoms with Gasteiger partial charge in [0.25, 0.3) is 0 Å². The Balaban J connectivity index is 2.59. The molecule has 164 valence electrons. The molecule has 2 N–H and O–H groups in total. The summed E-state index contributed by atoms with van der Waals surface area (Å²) in [7, 11) is -1.39. The predicted molar refractivity (Wildman–Crippen MR) is 125 cm³/mol. The highest BCUT2D eigenvalue weighted by Gasteiger charge is 2.36. The van der Waals surface area contributed by atoms with Crippen LogP contribution in [-0.2, 0) is 21.3 Å². The summed E-state index contributed by atoms with van der Waals surface area (Å²) in [6.07, 6.45) is -0.571. The SMILES string of the molecule is CC(C)(C)OC(=O)Nc1ccc(Cl)cc1C(C)(NS(=O)C(C)(C)C)c1ccccc1. The average molecular weight is 451 g/mol. The average Bonchev–Trinajstić information content (AvgIpc) is 2.61. The van der Waals surface area contributed by atoms with Gasteiger partial charge >= 0.3 is 6.09 Å². The van der Waals surface area contributed by atoms with Crippen molar-refractivity contribution in [3.63, 3.8) is 0 Å². The zero-order chi connectivity index (χ0) is 22.7. The fourth-order valence-corrected chi connectivity index (χ4v) is 3.91. The van der Waals surface area contributed by atoms with E-state index in [1.54, 1.807) is 39.0 Å². The second kappa shape index (κ2) is 9.08. The molecule has 0 aliphatic carbocycles. The van der Waals surface area contributed by atoms with Crippen molar-refractivity contribution in [2.75, 3.05) is 5.32 Å². The highest BCUT2D eigenvalue weighted by molar-refractivity contribution is 7.84. The van der Waals surface area contributed by atoms with Gasteiger partial charge in [-0.05, 0) is 72.2 Å². The molecule has 0 saturated carbocycles. The van der Waals surface area contributed by atoms with Crippen molar-refractivity contribution >= 4 is 34.4 Å². The summed E-state index contributed by atoms with van der Waals surface area (Å²) in [5.74, 6) is 0. The summed E-state index contributed by atoms with van der Waals surface area (Å²) in [5, 5.41) is 3.33. The standard InChI is InChI=1S/C23H31ClN2O3S/c1-21(2,3)29-20(27)25-19-14-13-17(24)15-18(19)23(7,16-11-9-8-10-12-16)26-30(28)22(4,5)6/h8-15,26H,1-7H3,(H,25,27). The van der Waals surface area contributed by atoms with Crippen molar-refractivity contribution in [1.82, 2.24) is 4.72 Å². The zero-order valence-electron chi connectivity index (χ0n) is 18.6. The molecule has 1 amide bonds. The number of ether oxygens (including phenoxy) is 1. The largest absolute Gasteiger partial charge is 0.444 e. The number of carbonyl (C=O) groups excluding carboxylic acids is 1. The van der Waals surface area contributed by atoms with Gasteiger partial charge in [0.1, 0.15) is 5.60 Å². The number of hydrogen-bond acceptors (Lipinski definition) is 3. The molecule has 5 nitrogen and oxygen atoms in total. The van der Waals surface area contributed by atoms with Crippen LogP contribution in [0, 0.1) is 0 Å². The van der Waals surface area contributed by atoms with Gasteiger partial charge in [0.05, 0.1) is 21.3 Å². The van der Waals surface area contributed by atoms with Gasteiger partial charge in [0, 0.05) is 16.3 Å². The first-order chi connectivity index (χ1) is 13.7. The van der Waals surface area contributed by atoms with Crippen LogP contribution in [0.15, 0.2) is 48.5 Å². The smallest absolute Gasteiger partial charge is 0.412 e. The maximum absolute atomic E-state index is 13.1. The highest BCUT2D eigenvalue weighted by atomic mass is 35.5. The third-order valence-electron chi connectivity index (χ3n) is 4.36. The Hall–Kier alpha value is -1.89. The second-order valence-corrected chi connectivity index (χ2v) is 11.7. The fourth-order valence-electron chi connectivity index (χ4n) is 2.83. The fraction of sp³-hybridized carbons (Fsp3) is 0.435. The Bertz CT molecular complexity index is 920. The van der Waals surface area contributed by atoms with Crippen molar-refractivity contribution in [2.24, 2.45) is 0 Å². The first kappa shape index (κ1) is 24.4. The number of amides is 1. The molecule has 0 aliphatic rings. The monoisotopic (exact) mass is 450 g/mol. The summed E-state index contributed by atoms with van der Waals surface area (Å²) in [4.78, 5) is 12.5. The van der Waals surface area contributed by atoms with Gasteiger partial charge < -0.3 is 4.74 Å². The van der Waals surface area contributed by atoms with Gasteiger partial charge in [-0.25, -0.2) is 13.7 Å². The zero-order valence-corrected chi connectivity index (χ0v) is 20.2. The van der Waals surface area contributed by atoms with E-state index in [1.807, 2.05) is 58.0 Å². The number of rotatable bonds is 5. The molecule has 0 bridgehead atoms. The van der Waals surface area contributed by atoms with Gasteiger partial charge in [0.15, 0.2) is 0 Å². The van der Waals surface area contributed by atoms with E-state index in [0.717, 1.165) is 5.56 Å². The number of carbonyl (C=O) groups is 1. The summed E-state index contributed by atoms with van der Waals surface area (Å²) < 4.78 is 21.3. The number of halogens is 1. The Morgan fingerprint density at radius 1 is 0.967 bits per heavy atom. The molecule has 0 fully saturated rings. The van der Waals surface area contributed by atoms with Gasteiger partial charge in [-0.15, -0.1) is 0 Å². The van der Waals surface area contributed by atoms with Crippen LogP contribution in [0.5, 0.6) is 0 Å². The van der Waals surface area contributed by atoms with E-state index >= 15 is 0 Å². The summed E-state index contributed by atoms with van der Waals surface area (Å²) in [6.45, 7) is 13.0. The van der Waals surface area contributed by atoms with Crippen LogP contribution in [0.25, 0.3) is 0 Å². The van der Waals surface area contributed by atoms with Crippen LogP contribution < -0.4 is 10.0 Å². The summed E-state index contributed by atoms with van der Waals surface area (Å²) >= 11 is 6.33. The van der Waals surface area contributed by atoms with Gasteiger partial charge in [-0.2, -0.15) is 0 Å². The molecule has 2 aromatic rings. The Morgan fingerprint density at radius 3 is 2.10 bits per heavy atom. The molecule has 0 aromatic heterocycles. The van der Waals surface area contributed by atoms with Crippen molar-refractivity contribution in [3.8, 4) is 0 Å². The molecule has 30 heavy (non-hydrogen) atoms. The van der Waals surface area contributed by atoms with E-state index in [4.69, 9.17) is 16.3 Å². The third-order valence-corrected chi connectivity index (χ3v) is 6.30. The van der Waals surface area contributed by atoms with Crippen molar-refractivity contribution in [1.29, 1.82) is 0 Å². The van der Waals surface area contributed by atoms with Gasteiger partial charge in [-0.1, -0.05) is 41.9 Å². The molecule has 0 saturated heterocycles. The minimum absolute atomic E-state index is 0.493. The molecule has 0 radical (unpaired) electrons. The lowest BCUT2D eigenvalue weighted by atomic mass is 9.84.